The van der Waals surface area contributed by atoms with Gasteiger partial charge in [-0.05, 0) is 56.2 Å². The van der Waals surface area contributed by atoms with Crippen LogP contribution in [-0.4, -0.2) is 0 Å². The van der Waals surface area contributed by atoms with E-state index in [2.05, 4.69) is 38.5 Å². The molecule has 0 saturated heterocycles. The molecule has 0 saturated carbocycles. The molecule has 11 heavy (non-hydrogen) atoms. The van der Waals surface area contributed by atoms with Crippen molar-refractivity contribution < 1.29 is 0 Å². The fourth-order valence-corrected chi connectivity index (χ4v) is 1.43. The first-order valence-electron chi connectivity index (χ1n) is 2.88. The third-order valence-electron chi connectivity index (χ3n) is 1.22. The maximum Gasteiger partial charge on any atom is 0.0312 e. The molecular weight excluding hydrogens is 340 g/mol. The zero-order chi connectivity index (χ0) is 7.56. The predicted octanol–water partition coefficient (Wildman–Crippen LogP) is 2.93. The minimum atomic E-state index is 0. The maximum atomic E-state index is 5.45. The minimum Gasteiger partial charge on any atom is -0.326 e. The van der Waals surface area contributed by atoms with E-state index in [4.69, 9.17) is 5.73 Å². The van der Waals surface area contributed by atoms with E-state index >= 15 is 0 Å². The van der Waals surface area contributed by atoms with Crippen LogP contribution in [0.25, 0.3) is 0 Å². The molecule has 0 heterocycles. The highest BCUT2D eigenvalue weighted by Gasteiger charge is 1.95. The molecule has 0 aliphatic heterocycles. The van der Waals surface area contributed by atoms with Crippen LogP contribution < -0.4 is 5.73 Å². The van der Waals surface area contributed by atoms with Gasteiger partial charge in [0.05, 0.1) is 0 Å². The van der Waals surface area contributed by atoms with Crippen LogP contribution in [0.5, 0.6) is 0 Å². The molecular formula is C7H8BrClIN. The van der Waals surface area contributed by atoms with Gasteiger partial charge in [0.2, 0.25) is 0 Å². The van der Waals surface area contributed by atoms with Gasteiger partial charge in [0, 0.05) is 14.6 Å². The first kappa shape index (κ1) is 11.7. The highest BCUT2D eigenvalue weighted by Crippen LogP contribution is 2.19. The predicted molar refractivity (Wildman–Crippen MR) is 62.0 cm³/mol. The highest BCUT2D eigenvalue weighted by atomic mass is 127. The average Bonchev–Trinajstić information content (AvgIpc) is 1.95. The van der Waals surface area contributed by atoms with Crippen LogP contribution in [0.4, 0.5) is 0 Å². The lowest BCUT2D eigenvalue weighted by atomic mass is 10.2. The van der Waals surface area contributed by atoms with Gasteiger partial charge >= 0.3 is 0 Å². The molecule has 1 aromatic carbocycles. The Bertz CT molecular complexity index is 242. The van der Waals surface area contributed by atoms with Crippen molar-refractivity contribution in [2.45, 2.75) is 6.54 Å². The van der Waals surface area contributed by atoms with Gasteiger partial charge in [-0.2, -0.15) is 0 Å². The van der Waals surface area contributed by atoms with Crippen LogP contribution in [0.1, 0.15) is 5.56 Å². The molecule has 0 aromatic heterocycles. The van der Waals surface area contributed by atoms with Crippen LogP contribution in [-0.2, 0) is 6.54 Å². The first-order valence-corrected chi connectivity index (χ1v) is 4.75. The molecule has 1 rings (SSSR count). The number of nitrogens with two attached hydrogens (primary N) is 1. The molecule has 0 aliphatic carbocycles. The zero-order valence-corrected chi connectivity index (χ0v) is 10.2. The number of hydrogen-bond donors (Lipinski definition) is 1. The van der Waals surface area contributed by atoms with Gasteiger partial charge in [0.1, 0.15) is 0 Å². The molecule has 0 bridgehead atoms. The second-order valence-corrected chi connectivity index (χ2v) is 3.97. The Morgan fingerprint density at radius 2 is 2.09 bits per heavy atom. The Kier molecular flexibility index (Phi) is 5.68. The summed E-state index contributed by atoms with van der Waals surface area (Å²) in [5, 5.41) is 0. The second kappa shape index (κ2) is 5.35. The monoisotopic (exact) mass is 347 g/mol. The van der Waals surface area contributed by atoms with E-state index in [0.29, 0.717) is 6.54 Å². The molecule has 1 nitrogen and oxygen atoms in total. The van der Waals surface area contributed by atoms with Crippen LogP contribution in [0.15, 0.2) is 22.7 Å². The smallest absolute Gasteiger partial charge is 0.0312 e. The van der Waals surface area contributed by atoms with E-state index in [-0.39, 0.29) is 12.4 Å². The summed E-state index contributed by atoms with van der Waals surface area (Å²) in [6.45, 7) is 0.607. The topological polar surface area (TPSA) is 26.0 Å². The Hall–Kier alpha value is 0.680. The van der Waals surface area contributed by atoms with Gasteiger partial charge in [0.25, 0.3) is 0 Å². The summed E-state index contributed by atoms with van der Waals surface area (Å²) in [7, 11) is 0. The summed E-state index contributed by atoms with van der Waals surface area (Å²) in [4.78, 5) is 0. The lowest BCUT2D eigenvalue weighted by Gasteiger charge is -1.98. The van der Waals surface area contributed by atoms with E-state index in [9.17, 15) is 0 Å². The Labute approximate surface area is 94.4 Å². The van der Waals surface area contributed by atoms with Crippen LogP contribution >= 0.6 is 50.9 Å². The third-order valence-corrected chi connectivity index (χ3v) is 3.56. The number of benzene rings is 1. The molecule has 0 radical (unpaired) electrons. The number of halogens is 3. The van der Waals surface area contributed by atoms with Gasteiger partial charge < -0.3 is 5.73 Å². The van der Waals surface area contributed by atoms with Crippen molar-refractivity contribution in [3.63, 3.8) is 0 Å². The fraction of sp³-hybridized carbons (Fsp3) is 0.143. The maximum absolute atomic E-state index is 5.45. The van der Waals surface area contributed by atoms with Crippen molar-refractivity contribution in [3.05, 3.63) is 31.8 Å². The van der Waals surface area contributed by atoms with Gasteiger partial charge in [0.15, 0.2) is 0 Å². The summed E-state index contributed by atoms with van der Waals surface area (Å²) < 4.78 is 2.34. The van der Waals surface area contributed by atoms with Crippen LogP contribution in [0.3, 0.4) is 0 Å². The SMILES string of the molecule is Cl.NCc1ccc(I)c(Br)c1. The third kappa shape index (κ3) is 3.27. The molecule has 62 valence electrons. The lowest BCUT2D eigenvalue weighted by Crippen LogP contribution is -1.95. The number of hydrogen-bond acceptors (Lipinski definition) is 1. The molecule has 4 heteroatoms. The first-order chi connectivity index (χ1) is 4.74. The largest absolute Gasteiger partial charge is 0.326 e. The Morgan fingerprint density at radius 1 is 1.45 bits per heavy atom. The van der Waals surface area contributed by atoms with Crippen molar-refractivity contribution in [2.75, 3.05) is 0 Å². The summed E-state index contributed by atoms with van der Waals surface area (Å²) in [5.74, 6) is 0. The van der Waals surface area contributed by atoms with E-state index in [0.717, 1.165) is 10.0 Å². The van der Waals surface area contributed by atoms with Gasteiger partial charge in [-0.1, -0.05) is 6.07 Å². The normalized spacial score (nSPS) is 9.00. The van der Waals surface area contributed by atoms with E-state index in [1.165, 1.54) is 3.57 Å². The number of rotatable bonds is 1. The van der Waals surface area contributed by atoms with Gasteiger partial charge in [-0.3, -0.25) is 0 Å². The van der Waals surface area contributed by atoms with Crippen molar-refractivity contribution >= 4 is 50.9 Å². The van der Waals surface area contributed by atoms with E-state index in [1.807, 2.05) is 18.2 Å². The van der Waals surface area contributed by atoms with Crippen molar-refractivity contribution in [2.24, 2.45) is 5.73 Å². The zero-order valence-electron chi connectivity index (χ0n) is 5.68. The standard InChI is InChI=1S/C7H7BrIN.ClH/c8-6-3-5(4-10)1-2-7(6)9;/h1-3H,4,10H2;1H. The fourth-order valence-electron chi connectivity index (χ4n) is 0.667. The van der Waals surface area contributed by atoms with Crippen molar-refractivity contribution in [1.82, 2.24) is 0 Å². The highest BCUT2D eigenvalue weighted by molar-refractivity contribution is 14.1. The molecule has 0 atom stereocenters. The second-order valence-electron chi connectivity index (χ2n) is 1.95. The van der Waals surface area contributed by atoms with E-state index in [1.54, 1.807) is 0 Å². The molecule has 2 N–H and O–H groups in total. The summed E-state index contributed by atoms with van der Waals surface area (Å²) in [6.07, 6.45) is 0. The van der Waals surface area contributed by atoms with Crippen molar-refractivity contribution in [3.8, 4) is 0 Å². The van der Waals surface area contributed by atoms with Crippen molar-refractivity contribution in [1.29, 1.82) is 0 Å². The summed E-state index contributed by atoms with van der Waals surface area (Å²) in [6, 6.07) is 6.13. The average molecular weight is 348 g/mol. The van der Waals surface area contributed by atoms with E-state index < -0.39 is 0 Å². The molecule has 0 unspecified atom stereocenters. The Morgan fingerprint density at radius 3 is 2.55 bits per heavy atom. The quantitative estimate of drug-likeness (QED) is 0.776. The van der Waals surface area contributed by atoms with Gasteiger partial charge in [-0.15, -0.1) is 12.4 Å². The summed E-state index contributed by atoms with van der Waals surface area (Å²) >= 11 is 5.69. The Balaban J connectivity index is 0.000001000. The van der Waals surface area contributed by atoms with Gasteiger partial charge in [-0.25, -0.2) is 0 Å². The lowest BCUT2D eigenvalue weighted by molar-refractivity contribution is 1.07. The van der Waals surface area contributed by atoms with Crippen LogP contribution in [0.2, 0.25) is 0 Å². The van der Waals surface area contributed by atoms with Crippen LogP contribution in [0, 0.1) is 3.57 Å². The minimum absolute atomic E-state index is 0. The molecule has 0 aliphatic rings. The summed E-state index contributed by atoms with van der Waals surface area (Å²) in [5.41, 5.74) is 6.61. The molecule has 0 amide bonds. The molecule has 0 fully saturated rings. The molecule has 0 spiro atoms. The molecule has 1 aromatic rings.